The Balaban J connectivity index is 1.22. The van der Waals surface area contributed by atoms with Crippen LogP contribution in [0.2, 0.25) is 0 Å². The molecule has 316 valence electrons. The Kier molecular flexibility index (Phi) is 16.1. The largest absolute Gasteiger partial charge is 0.481 e. The van der Waals surface area contributed by atoms with Crippen LogP contribution >= 0.6 is 35.2 Å². The van der Waals surface area contributed by atoms with Crippen molar-refractivity contribution < 1.29 is 80.5 Å². The molecule has 10 N–H and O–H groups in total. The molecule has 1 saturated heterocycles. The first-order valence-electron chi connectivity index (χ1n) is 16.7. The Hall–Kier alpha value is -3.22. The Bertz CT molecular complexity index is 2020. The summed E-state index contributed by atoms with van der Waals surface area (Å²) in [4.78, 5) is 87.7. The summed E-state index contributed by atoms with van der Waals surface area (Å²) in [6.45, 7) is 0.475. The Morgan fingerprint density at radius 1 is 1.02 bits per heavy atom. The summed E-state index contributed by atoms with van der Waals surface area (Å²) in [6, 6.07) is 9.16. The fraction of sp³-hybridized carbons (Fsp3) is 0.517. The second kappa shape index (κ2) is 19.7. The van der Waals surface area contributed by atoms with Crippen LogP contribution in [-0.4, -0.2) is 123 Å². The minimum atomic E-state index is -5.57. The first-order chi connectivity index (χ1) is 26.6. The van der Waals surface area contributed by atoms with Crippen LogP contribution < -0.4 is 16.4 Å². The van der Waals surface area contributed by atoms with E-state index >= 15 is 0 Å². The number of nitrogen functional groups attached to an aromatic ring is 1. The average molecular weight is 886 g/mol. The van der Waals surface area contributed by atoms with Crippen molar-refractivity contribution in [2.24, 2.45) is 5.41 Å². The maximum absolute atomic E-state index is 12.7. The molecule has 24 nitrogen and oxygen atoms in total. The number of aliphatic hydroxyl groups excluding tert-OH is 2. The lowest BCUT2D eigenvalue weighted by Crippen LogP contribution is -2.46. The van der Waals surface area contributed by atoms with Gasteiger partial charge in [-0.2, -0.15) is 4.31 Å². The number of rotatable bonds is 21. The van der Waals surface area contributed by atoms with Crippen LogP contribution in [0.3, 0.4) is 0 Å². The first-order valence-corrected chi connectivity index (χ1v) is 22.2. The zero-order valence-electron chi connectivity index (χ0n) is 30.2. The molecule has 7 atom stereocenters. The average Bonchev–Trinajstić information content (AvgIpc) is 3.68. The van der Waals surface area contributed by atoms with Gasteiger partial charge in [-0.15, -0.1) is 0 Å². The normalized spacial score (nSPS) is 21.4. The number of ether oxygens (including phenoxy) is 1. The van der Waals surface area contributed by atoms with Crippen molar-refractivity contribution in [3.8, 4) is 0 Å². The predicted molar refractivity (Wildman–Crippen MR) is 197 cm³/mol. The van der Waals surface area contributed by atoms with Crippen molar-refractivity contribution in [1.82, 2.24) is 30.2 Å². The smallest absolute Gasteiger partial charge is 0.386 e. The molecule has 3 heterocycles. The van der Waals surface area contributed by atoms with Crippen molar-refractivity contribution in [1.29, 1.82) is 0 Å². The van der Waals surface area contributed by atoms with Gasteiger partial charge in [0.2, 0.25) is 11.8 Å². The number of phosphoric ester groups is 3. The standard InChI is InChI=1S/C29H42N7O17P3S/c1-29(2,24(40)27(41)32-9-8-19(37)31-10-11-57-20(38)12-17-6-4-3-5-7-17)14-50-56(47,48)53-55(45,46)49-13-18-23(52-54(42,43)44)22(39)28(51-18)36-16-35-21-25(30)33-15-34-26(21)36/h3-7,15-16,18,22-24,28,39-40H,8-14H2,1-2H3,(H,31,37)(H,32,41)(H,45,46)(H,47,48)(H2,30,33,34)(H2,42,43,44)/t18-,22-,23+,24-,28-/m0/s1. The third-order valence-electron chi connectivity index (χ3n) is 7.96. The van der Waals surface area contributed by atoms with Gasteiger partial charge in [0.25, 0.3) is 0 Å². The third-order valence-corrected chi connectivity index (χ3v) is 11.9. The molecule has 1 aliphatic rings. The predicted octanol–water partition coefficient (Wildman–Crippen LogP) is -0.0926. The first kappa shape index (κ1) is 46.5. The van der Waals surface area contributed by atoms with Crippen LogP contribution in [0.4, 0.5) is 5.82 Å². The molecule has 2 aromatic heterocycles. The highest BCUT2D eigenvalue weighted by atomic mass is 32.2. The molecular weight excluding hydrogens is 843 g/mol. The molecule has 0 spiro atoms. The minimum absolute atomic E-state index is 0.0296. The van der Waals surface area contributed by atoms with Gasteiger partial charge in [-0.3, -0.25) is 32.5 Å². The number of aromatic nitrogens is 4. The Morgan fingerprint density at radius 3 is 2.39 bits per heavy atom. The van der Waals surface area contributed by atoms with Gasteiger partial charge in [0.15, 0.2) is 22.8 Å². The summed E-state index contributed by atoms with van der Waals surface area (Å²) in [5.74, 6) is -1.13. The number of nitrogens with one attached hydrogen (secondary N) is 2. The zero-order valence-corrected chi connectivity index (χ0v) is 33.7. The number of benzene rings is 1. The van der Waals surface area contributed by atoms with Gasteiger partial charge in [0, 0.05) is 37.1 Å². The summed E-state index contributed by atoms with van der Waals surface area (Å²) in [5, 5.41) is 26.3. The number of imidazole rings is 1. The highest BCUT2D eigenvalue weighted by Gasteiger charge is 2.50. The zero-order chi connectivity index (χ0) is 42.2. The quantitative estimate of drug-likeness (QED) is 0.0498. The van der Waals surface area contributed by atoms with E-state index in [4.69, 9.17) is 19.5 Å². The second-order valence-corrected chi connectivity index (χ2v) is 18.3. The van der Waals surface area contributed by atoms with E-state index in [1.165, 1.54) is 13.8 Å². The minimum Gasteiger partial charge on any atom is -0.386 e. The van der Waals surface area contributed by atoms with E-state index in [0.717, 1.165) is 34.5 Å². The molecule has 2 unspecified atom stereocenters. The summed E-state index contributed by atoms with van der Waals surface area (Å²) >= 11 is 1.07. The van der Waals surface area contributed by atoms with Gasteiger partial charge in [0.05, 0.1) is 19.5 Å². The van der Waals surface area contributed by atoms with Crippen LogP contribution in [0.25, 0.3) is 11.2 Å². The van der Waals surface area contributed by atoms with Crippen molar-refractivity contribution in [2.75, 3.05) is 37.8 Å². The van der Waals surface area contributed by atoms with Crippen LogP contribution in [0.15, 0.2) is 43.0 Å². The number of carbonyl (C=O) groups excluding carboxylic acids is 3. The lowest BCUT2D eigenvalue weighted by Gasteiger charge is -2.30. The molecule has 1 aliphatic heterocycles. The number of hydrogen-bond donors (Lipinski definition) is 9. The van der Waals surface area contributed by atoms with E-state index in [-0.39, 0.29) is 48.0 Å². The molecule has 2 amide bonds. The number of nitrogens with two attached hydrogens (primary N) is 1. The number of fused-ring (bicyclic) bond motifs is 1. The lowest BCUT2D eigenvalue weighted by atomic mass is 9.87. The molecule has 1 fully saturated rings. The number of amides is 2. The van der Waals surface area contributed by atoms with Crippen LogP contribution in [0.5, 0.6) is 0 Å². The fourth-order valence-corrected chi connectivity index (χ4v) is 8.64. The number of carbonyl (C=O) groups is 3. The highest BCUT2D eigenvalue weighted by Crippen LogP contribution is 2.61. The third kappa shape index (κ3) is 13.9. The summed E-state index contributed by atoms with van der Waals surface area (Å²) in [7, 11) is -16.4. The summed E-state index contributed by atoms with van der Waals surface area (Å²) < 4.78 is 62.1. The molecule has 0 saturated carbocycles. The van der Waals surface area contributed by atoms with Crippen molar-refractivity contribution >= 4 is 69.1 Å². The SMILES string of the molecule is CC(C)(COP(=O)(O)OP(=O)(O)OC[C@@H]1O[C@H](n2cnc3c(N)ncnc32)[C@@H](O)[C@@H]1OP(=O)(O)O)[C@@H](O)C(=O)NCCC(=O)NCCSC(=O)Cc1ccccc1. The van der Waals surface area contributed by atoms with Gasteiger partial charge in [-0.05, 0) is 5.56 Å². The van der Waals surface area contributed by atoms with E-state index in [2.05, 4.69) is 34.4 Å². The van der Waals surface area contributed by atoms with Gasteiger partial charge in [0.1, 0.15) is 36.3 Å². The molecular formula is C29H42N7O17P3S. The number of anilines is 1. The number of hydrogen-bond acceptors (Lipinski definition) is 18. The number of aliphatic hydroxyl groups is 2. The maximum Gasteiger partial charge on any atom is 0.481 e. The Morgan fingerprint density at radius 2 is 1.70 bits per heavy atom. The van der Waals surface area contributed by atoms with Gasteiger partial charge < -0.3 is 50.9 Å². The van der Waals surface area contributed by atoms with Crippen LogP contribution in [0.1, 0.15) is 32.1 Å². The maximum atomic E-state index is 12.7. The number of phosphoric acid groups is 3. The van der Waals surface area contributed by atoms with Gasteiger partial charge in [-0.1, -0.05) is 55.9 Å². The molecule has 0 radical (unpaired) electrons. The molecule has 0 aliphatic carbocycles. The Labute approximate surface area is 328 Å². The number of nitrogens with zero attached hydrogens (tertiary/aromatic N) is 4. The van der Waals surface area contributed by atoms with Crippen molar-refractivity contribution in [2.45, 2.75) is 57.3 Å². The topological polar surface area (TPSA) is 364 Å². The van der Waals surface area contributed by atoms with Crippen LogP contribution in [-0.2, 0) is 57.1 Å². The summed E-state index contributed by atoms with van der Waals surface area (Å²) in [5.41, 5.74) is 5.13. The van der Waals surface area contributed by atoms with Gasteiger partial charge >= 0.3 is 23.5 Å². The monoisotopic (exact) mass is 885 g/mol. The molecule has 28 heteroatoms. The van der Waals surface area contributed by atoms with Crippen LogP contribution in [0, 0.1) is 5.41 Å². The fourth-order valence-electron chi connectivity index (χ4n) is 5.11. The highest BCUT2D eigenvalue weighted by molar-refractivity contribution is 8.13. The van der Waals surface area contributed by atoms with E-state index < -0.39 is 84.6 Å². The van der Waals surface area contributed by atoms with E-state index in [1.807, 2.05) is 30.3 Å². The van der Waals surface area contributed by atoms with E-state index in [0.29, 0.717) is 5.75 Å². The molecule has 4 rings (SSSR count). The number of thioether (sulfide) groups is 1. The van der Waals surface area contributed by atoms with Crippen molar-refractivity contribution in [3.05, 3.63) is 48.5 Å². The lowest BCUT2D eigenvalue weighted by molar-refractivity contribution is -0.137. The van der Waals surface area contributed by atoms with Crippen molar-refractivity contribution in [3.63, 3.8) is 0 Å². The summed E-state index contributed by atoms with van der Waals surface area (Å²) in [6.07, 6.45) is -6.68. The van der Waals surface area contributed by atoms with E-state index in [1.54, 1.807) is 0 Å². The van der Waals surface area contributed by atoms with E-state index in [9.17, 15) is 57.9 Å². The molecule has 3 aromatic rings. The molecule has 57 heavy (non-hydrogen) atoms. The second-order valence-electron chi connectivity index (χ2n) is 13.0. The van der Waals surface area contributed by atoms with Gasteiger partial charge in [-0.25, -0.2) is 28.6 Å². The molecule has 0 bridgehead atoms. The molecule has 1 aromatic carbocycles.